The summed E-state index contributed by atoms with van der Waals surface area (Å²) in [5, 5.41) is 4.65. The van der Waals surface area contributed by atoms with E-state index in [1.54, 1.807) is 18.2 Å². The van der Waals surface area contributed by atoms with Crippen molar-refractivity contribution < 1.29 is 23.9 Å². The minimum atomic E-state index is -0.707. The van der Waals surface area contributed by atoms with Gasteiger partial charge in [-0.05, 0) is 54.8 Å². The number of hydrogen-bond donors (Lipinski definition) is 1. The first kappa shape index (κ1) is 22.2. The highest BCUT2D eigenvalue weighted by Crippen LogP contribution is 2.55. The van der Waals surface area contributed by atoms with Gasteiger partial charge in [-0.3, -0.25) is 14.4 Å². The number of nitrogens with one attached hydrogen (secondary N) is 1. The van der Waals surface area contributed by atoms with Crippen LogP contribution in [-0.2, 0) is 19.1 Å². The summed E-state index contributed by atoms with van der Waals surface area (Å²) in [6.45, 7) is 1.56. The van der Waals surface area contributed by atoms with E-state index in [1.807, 2.05) is 43.3 Å². The van der Waals surface area contributed by atoms with Crippen LogP contribution in [0.1, 0.15) is 23.7 Å². The molecule has 7 heteroatoms. The third kappa shape index (κ3) is 3.50. The number of carbonyl (C=O) groups excluding carboxylic acids is 4. The van der Waals surface area contributed by atoms with Gasteiger partial charge in [-0.25, -0.2) is 9.69 Å². The van der Waals surface area contributed by atoms with Crippen LogP contribution in [-0.4, -0.2) is 30.3 Å². The first-order chi connectivity index (χ1) is 17.4. The molecule has 3 aliphatic rings. The second-order valence-corrected chi connectivity index (χ2v) is 9.68. The monoisotopic (exact) mass is 480 g/mol. The molecule has 1 saturated heterocycles. The molecule has 0 radical (unpaired) electrons. The Morgan fingerprint density at radius 1 is 0.972 bits per heavy atom. The van der Waals surface area contributed by atoms with Crippen molar-refractivity contribution in [3.8, 4) is 0 Å². The lowest BCUT2D eigenvalue weighted by Gasteiger charge is -2.19. The van der Waals surface area contributed by atoms with Gasteiger partial charge in [0.05, 0.1) is 23.1 Å². The van der Waals surface area contributed by atoms with Crippen LogP contribution in [0.5, 0.6) is 0 Å². The molecule has 1 heterocycles. The average molecular weight is 481 g/mol. The van der Waals surface area contributed by atoms with E-state index >= 15 is 0 Å². The molecule has 1 N–H and O–H groups in total. The van der Waals surface area contributed by atoms with Crippen LogP contribution in [0.15, 0.2) is 78.4 Å². The van der Waals surface area contributed by atoms with Crippen molar-refractivity contribution in [2.24, 2.45) is 23.7 Å². The number of nitrogens with zero attached hydrogens (tertiary/aromatic N) is 1. The maximum absolute atomic E-state index is 13.2. The maximum atomic E-state index is 13.2. The molecule has 3 amide bonds. The minimum Gasteiger partial charge on any atom is -0.452 e. The number of rotatable bonds is 5. The van der Waals surface area contributed by atoms with Crippen LogP contribution in [0.3, 0.4) is 0 Å². The highest BCUT2D eigenvalue weighted by Gasteiger charge is 2.60. The van der Waals surface area contributed by atoms with Gasteiger partial charge in [0, 0.05) is 11.1 Å². The second kappa shape index (κ2) is 8.45. The summed E-state index contributed by atoms with van der Waals surface area (Å²) in [4.78, 5) is 52.7. The van der Waals surface area contributed by atoms with Gasteiger partial charge in [-0.15, -0.1) is 0 Å². The quantitative estimate of drug-likeness (QED) is 0.333. The molecule has 2 bridgehead atoms. The average Bonchev–Trinajstić information content (AvgIpc) is 3.52. The predicted octanol–water partition coefficient (Wildman–Crippen LogP) is 4.34. The highest BCUT2D eigenvalue weighted by molar-refractivity contribution is 6.23. The van der Waals surface area contributed by atoms with Crippen molar-refractivity contribution >= 4 is 45.8 Å². The Morgan fingerprint density at radius 2 is 1.72 bits per heavy atom. The number of imide groups is 1. The zero-order valence-corrected chi connectivity index (χ0v) is 19.6. The summed E-state index contributed by atoms with van der Waals surface area (Å²) < 4.78 is 5.23. The molecule has 3 aromatic rings. The number of benzene rings is 3. The van der Waals surface area contributed by atoms with Crippen LogP contribution in [0, 0.1) is 23.7 Å². The minimum absolute atomic E-state index is 0.106. The van der Waals surface area contributed by atoms with E-state index in [4.69, 9.17) is 4.74 Å². The Labute approximate surface area is 207 Å². The van der Waals surface area contributed by atoms with E-state index in [0.717, 1.165) is 17.2 Å². The Balaban J connectivity index is 1.13. The summed E-state index contributed by atoms with van der Waals surface area (Å²) in [5.74, 6) is -2.00. The largest absolute Gasteiger partial charge is 0.452 e. The van der Waals surface area contributed by atoms with Gasteiger partial charge in [0.2, 0.25) is 11.8 Å². The first-order valence-electron chi connectivity index (χ1n) is 12.0. The predicted molar refractivity (Wildman–Crippen MR) is 134 cm³/mol. The highest BCUT2D eigenvalue weighted by atomic mass is 16.5. The number of hydrogen-bond acceptors (Lipinski definition) is 5. The molecule has 1 saturated carbocycles. The SMILES string of the molecule is CC1=C[C@H]2C[C@H]1[C@H]1C(=O)N(c3cccc(C(=O)OCC(=O)Nc4cccc5ccccc45)c3)C(=O)[C@@H]12. The molecule has 0 aromatic heterocycles. The maximum Gasteiger partial charge on any atom is 0.338 e. The van der Waals surface area contributed by atoms with Crippen LogP contribution >= 0.6 is 0 Å². The van der Waals surface area contributed by atoms with Gasteiger partial charge in [-0.1, -0.05) is 54.1 Å². The topological polar surface area (TPSA) is 92.8 Å². The van der Waals surface area contributed by atoms with Crippen molar-refractivity contribution in [1.29, 1.82) is 0 Å². The third-order valence-electron chi connectivity index (χ3n) is 7.62. The molecule has 0 unspecified atom stereocenters. The Hall–Kier alpha value is -4.26. The molecule has 6 rings (SSSR count). The van der Waals surface area contributed by atoms with Crippen molar-refractivity contribution in [2.45, 2.75) is 13.3 Å². The number of allylic oxidation sites excluding steroid dienone is 2. The number of amides is 3. The Bertz CT molecular complexity index is 1470. The fourth-order valence-corrected chi connectivity index (χ4v) is 6.04. The summed E-state index contributed by atoms with van der Waals surface area (Å²) in [6, 6.07) is 19.5. The molecule has 2 fully saturated rings. The van der Waals surface area contributed by atoms with E-state index in [2.05, 4.69) is 11.4 Å². The molecule has 2 aliphatic carbocycles. The third-order valence-corrected chi connectivity index (χ3v) is 7.62. The second-order valence-electron chi connectivity index (χ2n) is 9.68. The number of carbonyl (C=O) groups is 4. The van der Waals surface area contributed by atoms with E-state index in [0.29, 0.717) is 11.4 Å². The van der Waals surface area contributed by atoms with Crippen molar-refractivity contribution in [3.05, 3.63) is 83.9 Å². The summed E-state index contributed by atoms with van der Waals surface area (Å²) >= 11 is 0. The van der Waals surface area contributed by atoms with Gasteiger partial charge in [0.15, 0.2) is 6.61 Å². The van der Waals surface area contributed by atoms with E-state index in [1.165, 1.54) is 22.6 Å². The smallest absolute Gasteiger partial charge is 0.338 e. The van der Waals surface area contributed by atoms with Crippen LogP contribution in [0.25, 0.3) is 10.8 Å². The van der Waals surface area contributed by atoms with E-state index < -0.39 is 18.5 Å². The number of anilines is 2. The first-order valence-corrected chi connectivity index (χ1v) is 12.0. The Kier molecular flexibility index (Phi) is 5.21. The zero-order valence-electron chi connectivity index (χ0n) is 19.6. The van der Waals surface area contributed by atoms with E-state index in [9.17, 15) is 19.2 Å². The molecular formula is C29H24N2O5. The van der Waals surface area contributed by atoms with Gasteiger partial charge in [-0.2, -0.15) is 0 Å². The summed E-state index contributed by atoms with van der Waals surface area (Å²) in [6.07, 6.45) is 2.98. The number of ether oxygens (including phenoxy) is 1. The molecule has 1 aliphatic heterocycles. The molecule has 36 heavy (non-hydrogen) atoms. The summed E-state index contributed by atoms with van der Waals surface area (Å²) in [7, 11) is 0. The fourth-order valence-electron chi connectivity index (χ4n) is 6.04. The van der Waals surface area contributed by atoms with Crippen molar-refractivity contribution in [2.75, 3.05) is 16.8 Å². The zero-order chi connectivity index (χ0) is 25.0. The molecular weight excluding hydrogens is 456 g/mol. The lowest BCUT2D eigenvalue weighted by Crippen LogP contribution is -2.33. The molecule has 0 spiro atoms. The van der Waals surface area contributed by atoms with Crippen molar-refractivity contribution in [3.63, 3.8) is 0 Å². The van der Waals surface area contributed by atoms with Crippen molar-refractivity contribution in [1.82, 2.24) is 0 Å². The summed E-state index contributed by atoms with van der Waals surface area (Å²) in [5.41, 5.74) is 2.33. The van der Waals surface area contributed by atoms with Gasteiger partial charge < -0.3 is 10.1 Å². The molecule has 180 valence electrons. The standard InChI is InChI=1S/C29H24N2O5/c1-16-12-19-14-22(16)26-25(19)27(33)31(28(26)34)20-9-4-8-18(13-20)29(35)36-15-24(32)30-23-11-5-7-17-6-2-3-10-21(17)23/h2-13,19,22,25-26H,14-15H2,1H3,(H,30,32)/t19-,22+,25+,26+/m0/s1. The lowest BCUT2D eigenvalue weighted by molar-refractivity contribution is -0.123. The van der Waals surface area contributed by atoms with Gasteiger partial charge >= 0.3 is 5.97 Å². The number of fused-ring (bicyclic) bond motifs is 6. The fraction of sp³-hybridized carbons (Fsp3) is 0.241. The Morgan fingerprint density at radius 3 is 2.58 bits per heavy atom. The molecule has 4 atom stereocenters. The van der Waals surface area contributed by atoms with Crippen LogP contribution in [0.4, 0.5) is 11.4 Å². The van der Waals surface area contributed by atoms with Gasteiger partial charge in [0.25, 0.3) is 5.91 Å². The lowest BCUT2D eigenvalue weighted by atomic mass is 9.82. The van der Waals surface area contributed by atoms with Gasteiger partial charge in [0.1, 0.15) is 0 Å². The number of esters is 1. The van der Waals surface area contributed by atoms with Crippen LogP contribution < -0.4 is 10.2 Å². The molecule has 7 nitrogen and oxygen atoms in total. The van der Waals surface area contributed by atoms with E-state index in [-0.39, 0.29) is 41.0 Å². The van der Waals surface area contributed by atoms with Crippen LogP contribution in [0.2, 0.25) is 0 Å². The molecule has 3 aromatic carbocycles. The normalized spacial score (nSPS) is 24.1.